The molecular formula is C18H30N4O. The molecule has 2 rings (SSSR count). The fourth-order valence-corrected chi connectivity index (χ4v) is 3.18. The second-order valence-corrected chi connectivity index (χ2v) is 7.66. The largest absolute Gasteiger partial charge is 0.359 e. The van der Waals surface area contributed by atoms with Gasteiger partial charge in [0.15, 0.2) is 0 Å². The normalized spacial score (nSPS) is 18.6. The van der Waals surface area contributed by atoms with E-state index in [-0.39, 0.29) is 11.4 Å². The number of carbonyl (C=O) groups excluding carboxylic acids is 1. The van der Waals surface area contributed by atoms with E-state index in [1.54, 1.807) is 0 Å². The molecule has 5 nitrogen and oxygen atoms in total. The Morgan fingerprint density at radius 3 is 2.61 bits per heavy atom. The number of nitrogens with zero attached hydrogens (tertiary/aromatic N) is 4. The fraction of sp³-hybridized carbons (Fsp3) is 0.722. The highest BCUT2D eigenvalue weighted by atomic mass is 16.2. The molecule has 1 fully saturated rings. The topological polar surface area (TPSA) is 49.3 Å². The number of anilines is 1. The summed E-state index contributed by atoms with van der Waals surface area (Å²) in [6.45, 7) is 12.1. The van der Waals surface area contributed by atoms with Crippen molar-refractivity contribution in [2.45, 2.75) is 59.4 Å². The zero-order valence-corrected chi connectivity index (χ0v) is 15.4. The Labute approximate surface area is 140 Å². The molecule has 5 heteroatoms. The third-order valence-corrected chi connectivity index (χ3v) is 4.30. The van der Waals surface area contributed by atoms with Crippen molar-refractivity contribution in [1.29, 1.82) is 0 Å². The van der Waals surface area contributed by atoms with Crippen LogP contribution < -0.4 is 4.90 Å². The molecule has 1 aliphatic rings. The van der Waals surface area contributed by atoms with Gasteiger partial charge in [0.05, 0.1) is 0 Å². The number of aryl methyl sites for hydroxylation is 2. The van der Waals surface area contributed by atoms with E-state index in [1.807, 2.05) is 17.9 Å². The van der Waals surface area contributed by atoms with Gasteiger partial charge in [-0.1, -0.05) is 6.92 Å². The van der Waals surface area contributed by atoms with Crippen LogP contribution in [0.4, 0.5) is 5.82 Å². The van der Waals surface area contributed by atoms with Gasteiger partial charge < -0.3 is 9.80 Å². The van der Waals surface area contributed by atoms with Crippen LogP contribution in [0.3, 0.4) is 0 Å². The van der Waals surface area contributed by atoms with Crippen molar-refractivity contribution in [2.75, 3.05) is 25.0 Å². The van der Waals surface area contributed by atoms with Crippen LogP contribution >= 0.6 is 0 Å². The second kappa shape index (κ2) is 6.85. The van der Waals surface area contributed by atoms with Crippen LogP contribution in [0.15, 0.2) is 6.07 Å². The summed E-state index contributed by atoms with van der Waals surface area (Å²) in [4.78, 5) is 25.6. The zero-order valence-electron chi connectivity index (χ0n) is 15.4. The van der Waals surface area contributed by atoms with Gasteiger partial charge >= 0.3 is 0 Å². The molecule has 0 saturated carbocycles. The van der Waals surface area contributed by atoms with Crippen LogP contribution in [0.5, 0.6) is 0 Å². The third kappa shape index (κ3) is 4.43. The highest BCUT2D eigenvalue weighted by molar-refractivity contribution is 5.79. The van der Waals surface area contributed by atoms with Crippen LogP contribution in [-0.2, 0) is 11.2 Å². The highest BCUT2D eigenvalue weighted by Gasteiger charge is 2.36. The molecule has 1 saturated heterocycles. The van der Waals surface area contributed by atoms with E-state index in [9.17, 15) is 4.79 Å². The Morgan fingerprint density at radius 1 is 1.35 bits per heavy atom. The molecule has 1 amide bonds. The first kappa shape index (κ1) is 17.7. The van der Waals surface area contributed by atoms with Gasteiger partial charge in [-0.3, -0.25) is 4.79 Å². The standard InChI is InChI=1S/C18H30N4O/c1-7-8-15-19-13(2)9-16(20-15)21(6)11-14-10-17(23)22(12-14)18(3,4)5/h9,14H,7-8,10-12H2,1-6H3/t14-/m1/s1. The number of amides is 1. The van der Waals surface area contributed by atoms with Crippen LogP contribution in [0.2, 0.25) is 0 Å². The lowest BCUT2D eigenvalue weighted by Gasteiger charge is -2.32. The van der Waals surface area contributed by atoms with E-state index < -0.39 is 0 Å². The Kier molecular flexibility index (Phi) is 5.27. The van der Waals surface area contributed by atoms with Gasteiger partial charge in [-0.2, -0.15) is 0 Å². The number of likely N-dealkylation sites (tertiary alicyclic amines) is 1. The van der Waals surface area contributed by atoms with E-state index in [0.29, 0.717) is 12.3 Å². The molecule has 0 aromatic carbocycles. The molecule has 23 heavy (non-hydrogen) atoms. The first-order valence-electron chi connectivity index (χ1n) is 8.57. The summed E-state index contributed by atoms with van der Waals surface area (Å²) in [5, 5.41) is 0. The molecule has 1 atom stereocenters. The van der Waals surface area contributed by atoms with Gasteiger partial charge in [-0.05, 0) is 34.1 Å². The maximum atomic E-state index is 12.2. The summed E-state index contributed by atoms with van der Waals surface area (Å²) < 4.78 is 0. The number of hydrogen-bond donors (Lipinski definition) is 0. The summed E-state index contributed by atoms with van der Waals surface area (Å²) in [6, 6.07) is 2.03. The highest BCUT2D eigenvalue weighted by Crippen LogP contribution is 2.27. The van der Waals surface area contributed by atoms with E-state index in [4.69, 9.17) is 0 Å². The second-order valence-electron chi connectivity index (χ2n) is 7.66. The first-order chi connectivity index (χ1) is 10.7. The Hall–Kier alpha value is -1.65. The summed E-state index contributed by atoms with van der Waals surface area (Å²) in [6.07, 6.45) is 2.58. The molecule has 2 heterocycles. The molecule has 0 bridgehead atoms. The van der Waals surface area contributed by atoms with Gasteiger partial charge in [0.1, 0.15) is 11.6 Å². The van der Waals surface area contributed by atoms with E-state index >= 15 is 0 Å². The number of aromatic nitrogens is 2. The van der Waals surface area contributed by atoms with Crippen molar-refractivity contribution in [2.24, 2.45) is 5.92 Å². The van der Waals surface area contributed by atoms with Crippen LogP contribution in [0.1, 0.15) is 52.1 Å². The SMILES string of the molecule is CCCc1nc(C)cc(N(C)C[C@H]2CC(=O)N(C(C)(C)C)C2)n1. The number of hydrogen-bond acceptors (Lipinski definition) is 4. The minimum absolute atomic E-state index is 0.0931. The van der Waals surface area contributed by atoms with Crippen LogP contribution in [-0.4, -0.2) is 46.5 Å². The Balaban J connectivity index is 2.05. The van der Waals surface area contributed by atoms with Crippen molar-refractivity contribution < 1.29 is 4.79 Å². The fourth-order valence-electron chi connectivity index (χ4n) is 3.18. The van der Waals surface area contributed by atoms with Crippen LogP contribution in [0.25, 0.3) is 0 Å². The molecule has 0 N–H and O–H groups in total. The summed E-state index contributed by atoms with van der Waals surface area (Å²) >= 11 is 0. The van der Waals surface area contributed by atoms with E-state index in [0.717, 1.165) is 43.3 Å². The van der Waals surface area contributed by atoms with Crippen molar-refractivity contribution in [3.05, 3.63) is 17.6 Å². The smallest absolute Gasteiger partial charge is 0.223 e. The minimum atomic E-state index is -0.0931. The average molecular weight is 318 g/mol. The molecule has 1 aromatic rings. The molecule has 1 aliphatic heterocycles. The van der Waals surface area contributed by atoms with Crippen molar-refractivity contribution >= 4 is 11.7 Å². The monoisotopic (exact) mass is 318 g/mol. The lowest BCUT2D eigenvalue weighted by atomic mass is 10.1. The lowest BCUT2D eigenvalue weighted by Crippen LogP contribution is -2.42. The molecule has 0 aliphatic carbocycles. The summed E-state index contributed by atoms with van der Waals surface area (Å²) in [5.41, 5.74) is 0.911. The Bertz CT molecular complexity index is 565. The van der Waals surface area contributed by atoms with Gasteiger partial charge in [-0.25, -0.2) is 9.97 Å². The van der Waals surface area contributed by atoms with E-state index in [1.165, 1.54) is 0 Å². The average Bonchev–Trinajstić information content (AvgIpc) is 2.79. The van der Waals surface area contributed by atoms with E-state index in [2.05, 4.69) is 49.6 Å². The van der Waals surface area contributed by atoms with Crippen molar-refractivity contribution in [3.63, 3.8) is 0 Å². The number of carbonyl (C=O) groups is 1. The predicted octanol–water partition coefficient (Wildman–Crippen LogP) is 2.82. The molecule has 128 valence electrons. The van der Waals surface area contributed by atoms with Gasteiger partial charge in [-0.15, -0.1) is 0 Å². The van der Waals surface area contributed by atoms with Gasteiger partial charge in [0.25, 0.3) is 0 Å². The quantitative estimate of drug-likeness (QED) is 0.837. The van der Waals surface area contributed by atoms with Gasteiger partial charge in [0, 0.05) is 56.2 Å². The number of rotatable bonds is 5. The predicted molar refractivity (Wildman–Crippen MR) is 93.6 cm³/mol. The maximum Gasteiger partial charge on any atom is 0.223 e. The third-order valence-electron chi connectivity index (χ3n) is 4.30. The van der Waals surface area contributed by atoms with Gasteiger partial charge in [0.2, 0.25) is 5.91 Å². The molecular weight excluding hydrogens is 288 g/mol. The molecule has 0 radical (unpaired) electrons. The molecule has 1 aromatic heterocycles. The van der Waals surface area contributed by atoms with Crippen molar-refractivity contribution in [3.8, 4) is 0 Å². The zero-order chi connectivity index (χ0) is 17.2. The first-order valence-corrected chi connectivity index (χ1v) is 8.57. The Morgan fingerprint density at radius 2 is 2.04 bits per heavy atom. The maximum absolute atomic E-state index is 12.2. The minimum Gasteiger partial charge on any atom is -0.359 e. The molecule has 0 spiro atoms. The summed E-state index contributed by atoms with van der Waals surface area (Å²) in [7, 11) is 2.06. The van der Waals surface area contributed by atoms with Crippen LogP contribution in [0, 0.1) is 12.8 Å². The molecule has 0 unspecified atom stereocenters. The van der Waals surface area contributed by atoms with Crippen molar-refractivity contribution in [1.82, 2.24) is 14.9 Å². The summed E-state index contributed by atoms with van der Waals surface area (Å²) in [5.74, 6) is 2.49. The lowest BCUT2D eigenvalue weighted by molar-refractivity contribution is -0.131.